The molecule has 1 aromatic heterocycles. The zero-order valence-corrected chi connectivity index (χ0v) is 10.9. The van der Waals surface area contributed by atoms with Crippen molar-refractivity contribution in [3.63, 3.8) is 0 Å². The lowest BCUT2D eigenvalue weighted by Crippen LogP contribution is -1.95. The zero-order chi connectivity index (χ0) is 14.5. The normalized spacial score (nSPS) is 10.7. The maximum Gasteiger partial charge on any atom is 0.271 e. The van der Waals surface area contributed by atoms with E-state index >= 15 is 0 Å². The first-order valence-electron chi connectivity index (χ1n) is 5.97. The summed E-state index contributed by atoms with van der Waals surface area (Å²) in [6.07, 6.45) is 1.41. The highest BCUT2D eigenvalue weighted by molar-refractivity contribution is 5.72. The lowest BCUT2D eigenvalue weighted by molar-refractivity contribution is -0.384. The number of aromatic nitrogens is 2. The first kappa shape index (κ1) is 13.9. The van der Waals surface area contributed by atoms with Gasteiger partial charge >= 0.3 is 0 Å². The summed E-state index contributed by atoms with van der Waals surface area (Å²) in [5.74, 6) is 0.805. The Balaban J connectivity index is 2.17. The molecule has 0 aliphatic heterocycles. The van der Waals surface area contributed by atoms with Gasteiger partial charge in [0.25, 0.3) is 11.6 Å². The summed E-state index contributed by atoms with van der Waals surface area (Å²) in [6, 6.07) is 4.12. The van der Waals surface area contributed by atoms with Crippen LogP contribution in [0.25, 0.3) is 11.5 Å². The average molecular weight is 278 g/mol. The van der Waals surface area contributed by atoms with E-state index in [1.807, 2.05) is 0 Å². The molecule has 1 heterocycles. The van der Waals surface area contributed by atoms with E-state index in [1.54, 1.807) is 7.11 Å². The highest BCUT2D eigenvalue weighted by atomic mass is 16.6. The van der Waals surface area contributed by atoms with Gasteiger partial charge in [0.15, 0.2) is 5.82 Å². The number of benzene rings is 1. The van der Waals surface area contributed by atoms with Gasteiger partial charge in [0, 0.05) is 32.3 Å². The molecule has 2 N–H and O–H groups in total. The van der Waals surface area contributed by atoms with Crippen LogP contribution in [0, 0.1) is 10.1 Å². The SMILES string of the molecule is COCCCc1noc(-c2ccc([N+](=O)[O-])cc2N)n1. The molecule has 2 rings (SSSR count). The number of methoxy groups -OCH3 is 1. The minimum atomic E-state index is -0.510. The van der Waals surface area contributed by atoms with E-state index in [0.29, 0.717) is 24.4 Å². The Morgan fingerprint density at radius 1 is 1.50 bits per heavy atom. The fraction of sp³-hybridized carbons (Fsp3) is 0.333. The Labute approximate surface area is 114 Å². The van der Waals surface area contributed by atoms with Crippen molar-refractivity contribution in [2.24, 2.45) is 0 Å². The van der Waals surface area contributed by atoms with Gasteiger partial charge in [-0.1, -0.05) is 5.16 Å². The van der Waals surface area contributed by atoms with Crippen LogP contribution in [-0.2, 0) is 11.2 Å². The number of aryl methyl sites for hydroxylation is 1. The minimum Gasteiger partial charge on any atom is -0.398 e. The molecule has 2 aromatic rings. The first-order valence-corrected chi connectivity index (χ1v) is 5.97. The number of nitro benzene ring substituents is 1. The van der Waals surface area contributed by atoms with E-state index in [2.05, 4.69) is 10.1 Å². The van der Waals surface area contributed by atoms with Gasteiger partial charge in [-0.15, -0.1) is 0 Å². The van der Waals surface area contributed by atoms with Crippen molar-refractivity contribution < 1.29 is 14.2 Å². The molecular formula is C12H14N4O4. The molecular weight excluding hydrogens is 264 g/mol. The monoisotopic (exact) mass is 278 g/mol. The lowest BCUT2D eigenvalue weighted by Gasteiger charge is -1.99. The molecule has 0 aliphatic carbocycles. The molecule has 0 bridgehead atoms. The Morgan fingerprint density at radius 3 is 2.95 bits per heavy atom. The van der Waals surface area contributed by atoms with Crippen LogP contribution in [0.4, 0.5) is 11.4 Å². The van der Waals surface area contributed by atoms with Crippen LogP contribution >= 0.6 is 0 Å². The van der Waals surface area contributed by atoms with Crippen LogP contribution in [-0.4, -0.2) is 28.8 Å². The molecule has 0 radical (unpaired) electrons. The summed E-state index contributed by atoms with van der Waals surface area (Å²) in [7, 11) is 1.62. The summed E-state index contributed by atoms with van der Waals surface area (Å²) in [5, 5.41) is 14.5. The van der Waals surface area contributed by atoms with E-state index in [1.165, 1.54) is 18.2 Å². The molecule has 0 atom stereocenters. The lowest BCUT2D eigenvalue weighted by atomic mass is 10.1. The van der Waals surface area contributed by atoms with Gasteiger partial charge in [0.1, 0.15) is 0 Å². The van der Waals surface area contributed by atoms with Crippen molar-refractivity contribution in [1.82, 2.24) is 10.1 Å². The van der Waals surface area contributed by atoms with Crippen LogP contribution in [0.3, 0.4) is 0 Å². The number of nitrogens with zero attached hydrogens (tertiary/aromatic N) is 3. The van der Waals surface area contributed by atoms with Crippen LogP contribution in [0.15, 0.2) is 22.7 Å². The van der Waals surface area contributed by atoms with Gasteiger partial charge in [-0.25, -0.2) is 0 Å². The van der Waals surface area contributed by atoms with Crippen molar-refractivity contribution >= 4 is 11.4 Å². The molecule has 0 aliphatic rings. The Hall–Kier alpha value is -2.48. The Morgan fingerprint density at radius 2 is 2.30 bits per heavy atom. The molecule has 0 amide bonds. The van der Waals surface area contributed by atoms with Crippen molar-refractivity contribution in [2.75, 3.05) is 19.5 Å². The van der Waals surface area contributed by atoms with Gasteiger partial charge in [0.2, 0.25) is 0 Å². The van der Waals surface area contributed by atoms with Crippen molar-refractivity contribution in [2.45, 2.75) is 12.8 Å². The summed E-state index contributed by atoms with van der Waals surface area (Å²) in [5.41, 5.74) is 6.41. The van der Waals surface area contributed by atoms with Gasteiger partial charge in [-0.05, 0) is 12.5 Å². The zero-order valence-electron chi connectivity index (χ0n) is 10.9. The van der Waals surface area contributed by atoms with Crippen LogP contribution in [0.5, 0.6) is 0 Å². The summed E-state index contributed by atoms with van der Waals surface area (Å²) >= 11 is 0. The second-order valence-corrected chi connectivity index (χ2v) is 4.14. The second-order valence-electron chi connectivity index (χ2n) is 4.14. The third kappa shape index (κ3) is 3.09. The standard InChI is InChI=1S/C12H14N4O4/c1-19-6-2-3-11-14-12(20-15-11)9-5-4-8(16(17)18)7-10(9)13/h4-5,7H,2-3,6,13H2,1H3. The number of nitrogen functional groups attached to an aromatic ring is 1. The number of rotatable bonds is 6. The number of anilines is 1. The van der Waals surface area contributed by atoms with Crippen molar-refractivity contribution in [3.8, 4) is 11.5 Å². The van der Waals surface area contributed by atoms with E-state index < -0.39 is 4.92 Å². The van der Waals surface area contributed by atoms with Gasteiger partial charge in [0.05, 0.1) is 16.2 Å². The number of non-ortho nitro benzene ring substituents is 1. The largest absolute Gasteiger partial charge is 0.398 e. The topological polar surface area (TPSA) is 117 Å². The summed E-state index contributed by atoms with van der Waals surface area (Å²) in [4.78, 5) is 14.3. The number of ether oxygens (including phenoxy) is 1. The third-order valence-corrected chi connectivity index (χ3v) is 2.69. The summed E-state index contributed by atoms with van der Waals surface area (Å²) in [6.45, 7) is 0.615. The van der Waals surface area contributed by atoms with E-state index in [-0.39, 0.29) is 17.3 Å². The molecule has 1 aromatic carbocycles. The van der Waals surface area contributed by atoms with Crippen molar-refractivity contribution in [1.29, 1.82) is 0 Å². The predicted octanol–water partition coefficient (Wildman–Crippen LogP) is 1.81. The highest BCUT2D eigenvalue weighted by Gasteiger charge is 2.15. The van der Waals surface area contributed by atoms with Gasteiger partial charge < -0.3 is 15.0 Å². The molecule has 0 saturated carbocycles. The van der Waals surface area contributed by atoms with Gasteiger partial charge in [-0.2, -0.15) is 4.98 Å². The number of nitrogens with two attached hydrogens (primary N) is 1. The molecule has 0 unspecified atom stereocenters. The van der Waals surface area contributed by atoms with Crippen LogP contribution in [0.2, 0.25) is 0 Å². The number of nitro groups is 1. The van der Waals surface area contributed by atoms with E-state index in [0.717, 1.165) is 6.42 Å². The fourth-order valence-corrected chi connectivity index (χ4v) is 1.70. The predicted molar refractivity (Wildman–Crippen MR) is 71.0 cm³/mol. The second kappa shape index (κ2) is 6.11. The van der Waals surface area contributed by atoms with Gasteiger partial charge in [-0.3, -0.25) is 10.1 Å². The highest BCUT2D eigenvalue weighted by Crippen LogP contribution is 2.28. The molecule has 8 nitrogen and oxygen atoms in total. The maximum absolute atomic E-state index is 10.6. The molecule has 0 fully saturated rings. The Kier molecular flexibility index (Phi) is 4.26. The average Bonchev–Trinajstić information content (AvgIpc) is 2.87. The summed E-state index contributed by atoms with van der Waals surface area (Å²) < 4.78 is 10.1. The smallest absolute Gasteiger partial charge is 0.271 e. The quantitative estimate of drug-likeness (QED) is 0.370. The van der Waals surface area contributed by atoms with Crippen LogP contribution in [0.1, 0.15) is 12.2 Å². The molecule has 106 valence electrons. The van der Waals surface area contributed by atoms with Crippen molar-refractivity contribution in [3.05, 3.63) is 34.1 Å². The number of hydrogen-bond donors (Lipinski definition) is 1. The minimum absolute atomic E-state index is 0.0777. The maximum atomic E-state index is 10.6. The molecule has 0 spiro atoms. The van der Waals surface area contributed by atoms with E-state index in [4.69, 9.17) is 15.0 Å². The molecule has 20 heavy (non-hydrogen) atoms. The van der Waals surface area contributed by atoms with E-state index in [9.17, 15) is 10.1 Å². The number of hydrogen-bond acceptors (Lipinski definition) is 7. The molecule has 8 heteroatoms. The third-order valence-electron chi connectivity index (χ3n) is 2.69. The fourth-order valence-electron chi connectivity index (χ4n) is 1.70. The Bertz CT molecular complexity index is 611. The molecule has 0 saturated heterocycles. The van der Waals surface area contributed by atoms with Crippen LogP contribution < -0.4 is 5.73 Å². The first-order chi connectivity index (χ1) is 9.61.